The van der Waals surface area contributed by atoms with Gasteiger partial charge in [-0.15, -0.1) is 0 Å². The average Bonchev–Trinajstić information content (AvgIpc) is 2.66. The summed E-state index contributed by atoms with van der Waals surface area (Å²) in [7, 11) is 0. The molecule has 6 nitrogen and oxygen atoms in total. The van der Waals surface area contributed by atoms with Crippen LogP contribution in [0.5, 0.6) is 0 Å². The van der Waals surface area contributed by atoms with Crippen molar-refractivity contribution in [1.29, 1.82) is 0 Å². The van der Waals surface area contributed by atoms with E-state index in [0.29, 0.717) is 25.7 Å². The number of rotatable bonds is 12. The molecule has 1 N–H and O–H groups in total. The molecule has 0 unspecified atom stereocenters. The minimum absolute atomic E-state index is 0.0664. The molecule has 0 aliphatic heterocycles. The Labute approximate surface area is 161 Å². The summed E-state index contributed by atoms with van der Waals surface area (Å²) in [6.07, 6.45) is 3.40. The molecule has 1 rings (SSSR count). The second kappa shape index (κ2) is 13.1. The molecule has 6 heteroatoms. The summed E-state index contributed by atoms with van der Waals surface area (Å²) in [4.78, 5) is 25.6. The van der Waals surface area contributed by atoms with Crippen LogP contribution in [-0.4, -0.2) is 61.4 Å². The fourth-order valence-corrected chi connectivity index (χ4v) is 2.40. The highest BCUT2D eigenvalue weighted by Crippen LogP contribution is 2.15. The fourth-order valence-electron chi connectivity index (χ4n) is 2.40. The van der Waals surface area contributed by atoms with E-state index in [2.05, 4.69) is 26.0 Å². The molecular weight excluding hydrogens is 346 g/mol. The normalized spacial score (nSPS) is 11.1. The van der Waals surface area contributed by atoms with Gasteiger partial charge in [-0.2, -0.15) is 0 Å². The Balaban J connectivity index is 2.67. The Bertz CT molecular complexity index is 595. The second-order valence-corrected chi connectivity index (χ2v) is 6.37. The third-order valence-electron chi connectivity index (χ3n) is 3.97. The molecule has 0 atom stereocenters. The summed E-state index contributed by atoms with van der Waals surface area (Å²) in [5, 5.41) is 8.76. The first-order valence-electron chi connectivity index (χ1n) is 9.39. The third kappa shape index (κ3) is 9.35. The van der Waals surface area contributed by atoms with Crippen molar-refractivity contribution in [2.45, 2.75) is 33.1 Å². The van der Waals surface area contributed by atoms with Crippen molar-refractivity contribution in [2.75, 3.05) is 39.5 Å². The molecule has 0 aliphatic carbocycles. The van der Waals surface area contributed by atoms with Crippen LogP contribution in [0.1, 0.15) is 44.2 Å². The van der Waals surface area contributed by atoms with E-state index in [1.807, 2.05) is 12.1 Å². The van der Waals surface area contributed by atoms with Gasteiger partial charge in [-0.1, -0.05) is 38.1 Å². The summed E-state index contributed by atoms with van der Waals surface area (Å²) < 4.78 is 10.1. The van der Waals surface area contributed by atoms with Crippen molar-refractivity contribution >= 4 is 18.0 Å². The summed E-state index contributed by atoms with van der Waals surface area (Å²) in [5.74, 6) is -0.0680. The van der Waals surface area contributed by atoms with Crippen molar-refractivity contribution in [3.05, 3.63) is 41.5 Å². The van der Waals surface area contributed by atoms with Crippen molar-refractivity contribution in [2.24, 2.45) is 0 Å². The zero-order valence-electron chi connectivity index (χ0n) is 16.5. The van der Waals surface area contributed by atoms with Crippen molar-refractivity contribution < 1.29 is 24.2 Å². The molecule has 1 amide bonds. The quantitative estimate of drug-likeness (QED) is 0.344. The van der Waals surface area contributed by atoms with E-state index < -0.39 is 0 Å². The molecule has 0 spiro atoms. The lowest BCUT2D eigenvalue weighted by Crippen LogP contribution is -2.35. The zero-order valence-corrected chi connectivity index (χ0v) is 16.5. The molecule has 0 radical (unpaired) electrons. The van der Waals surface area contributed by atoms with Gasteiger partial charge in [0.15, 0.2) is 0 Å². The molecule has 0 aliphatic rings. The van der Waals surface area contributed by atoms with Crippen molar-refractivity contribution in [3.63, 3.8) is 0 Å². The standard InChI is InChI=1S/C21H31NO5/c1-4-27-21(25)11-12-22(13-15-26-16-14-23)20(24)10-7-18-5-8-19(9-6-18)17(2)3/h5-10,17,23H,4,11-16H2,1-3H3/b10-7+. The average molecular weight is 377 g/mol. The van der Waals surface area contributed by atoms with Crippen LogP contribution in [0.3, 0.4) is 0 Å². The predicted molar refractivity (Wildman–Crippen MR) is 105 cm³/mol. The van der Waals surface area contributed by atoms with Crippen molar-refractivity contribution in [1.82, 2.24) is 4.90 Å². The summed E-state index contributed by atoms with van der Waals surface area (Å²) in [6.45, 7) is 7.39. The van der Waals surface area contributed by atoms with Crippen LogP contribution < -0.4 is 0 Å². The number of benzene rings is 1. The molecule has 0 aromatic heterocycles. The van der Waals surface area contributed by atoms with Gasteiger partial charge in [-0.3, -0.25) is 9.59 Å². The highest BCUT2D eigenvalue weighted by atomic mass is 16.5. The monoisotopic (exact) mass is 377 g/mol. The highest BCUT2D eigenvalue weighted by molar-refractivity contribution is 5.92. The van der Waals surface area contributed by atoms with E-state index in [9.17, 15) is 9.59 Å². The van der Waals surface area contributed by atoms with Crippen LogP contribution in [-0.2, 0) is 19.1 Å². The summed E-state index contributed by atoms with van der Waals surface area (Å²) >= 11 is 0. The summed E-state index contributed by atoms with van der Waals surface area (Å²) in [5.41, 5.74) is 2.19. The largest absolute Gasteiger partial charge is 0.466 e. The van der Waals surface area contributed by atoms with Gasteiger partial charge in [0.25, 0.3) is 0 Å². The molecular formula is C21H31NO5. The molecule has 1 aromatic carbocycles. The van der Waals surface area contributed by atoms with Crippen LogP contribution in [0, 0.1) is 0 Å². The van der Waals surface area contributed by atoms with Gasteiger partial charge in [0.1, 0.15) is 0 Å². The van der Waals surface area contributed by atoms with Gasteiger partial charge in [0.2, 0.25) is 5.91 Å². The number of esters is 1. The van der Waals surface area contributed by atoms with Gasteiger partial charge < -0.3 is 19.5 Å². The molecule has 0 saturated heterocycles. The Kier molecular flexibility index (Phi) is 11.1. The first kappa shape index (κ1) is 22.9. The Hall–Kier alpha value is -2.18. The van der Waals surface area contributed by atoms with Gasteiger partial charge in [0, 0.05) is 19.2 Å². The van der Waals surface area contributed by atoms with Gasteiger partial charge in [-0.05, 0) is 30.0 Å². The fraction of sp³-hybridized carbons (Fsp3) is 0.524. The van der Waals surface area contributed by atoms with Gasteiger partial charge in [0.05, 0.1) is 32.8 Å². The summed E-state index contributed by atoms with van der Waals surface area (Å²) in [6, 6.07) is 8.06. The maximum absolute atomic E-state index is 12.5. The molecule has 27 heavy (non-hydrogen) atoms. The van der Waals surface area contributed by atoms with Crippen LogP contribution in [0.2, 0.25) is 0 Å². The Morgan fingerprint density at radius 2 is 1.85 bits per heavy atom. The molecule has 150 valence electrons. The van der Waals surface area contributed by atoms with Crippen LogP contribution in [0.4, 0.5) is 0 Å². The van der Waals surface area contributed by atoms with Gasteiger partial charge in [-0.25, -0.2) is 0 Å². The number of nitrogens with zero attached hydrogens (tertiary/aromatic N) is 1. The number of hydrogen-bond donors (Lipinski definition) is 1. The number of carbonyl (C=O) groups excluding carboxylic acids is 2. The van der Waals surface area contributed by atoms with E-state index in [0.717, 1.165) is 5.56 Å². The zero-order chi connectivity index (χ0) is 20.1. The lowest BCUT2D eigenvalue weighted by atomic mass is 10.0. The second-order valence-electron chi connectivity index (χ2n) is 6.37. The Morgan fingerprint density at radius 1 is 1.15 bits per heavy atom. The van der Waals surface area contributed by atoms with E-state index in [1.54, 1.807) is 17.9 Å². The minimum Gasteiger partial charge on any atom is -0.466 e. The molecule has 0 saturated carbocycles. The van der Waals surface area contributed by atoms with E-state index >= 15 is 0 Å². The SMILES string of the molecule is CCOC(=O)CCN(CCOCCO)C(=O)/C=C/c1ccc(C(C)C)cc1. The molecule has 0 heterocycles. The van der Waals surface area contributed by atoms with Crippen LogP contribution in [0.25, 0.3) is 6.08 Å². The lowest BCUT2D eigenvalue weighted by molar-refractivity contribution is -0.143. The molecule has 0 bridgehead atoms. The van der Waals surface area contributed by atoms with E-state index in [4.69, 9.17) is 14.6 Å². The number of hydrogen-bond acceptors (Lipinski definition) is 5. The van der Waals surface area contributed by atoms with E-state index in [1.165, 1.54) is 11.6 Å². The van der Waals surface area contributed by atoms with Crippen molar-refractivity contribution in [3.8, 4) is 0 Å². The topological polar surface area (TPSA) is 76.1 Å². The van der Waals surface area contributed by atoms with E-state index in [-0.39, 0.29) is 38.1 Å². The smallest absolute Gasteiger partial charge is 0.307 e. The number of amides is 1. The minimum atomic E-state index is -0.333. The third-order valence-corrected chi connectivity index (χ3v) is 3.97. The highest BCUT2D eigenvalue weighted by Gasteiger charge is 2.13. The number of ether oxygens (including phenoxy) is 2. The van der Waals surface area contributed by atoms with Crippen LogP contribution in [0.15, 0.2) is 30.3 Å². The van der Waals surface area contributed by atoms with Gasteiger partial charge >= 0.3 is 5.97 Å². The maximum Gasteiger partial charge on any atom is 0.307 e. The molecule has 0 fully saturated rings. The number of aliphatic hydroxyl groups excluding tert-OH is 1. The maximum atomic E-state index is 12.5. The van der Waals surface area contributed by atoms with Crippen LogP contribution >= 0.6 is 0 Å². The predicted octanol–water partition coefficient (Wildman–Crippen LogP) is 2.61. The first-order valence-corrected chi connectivity index (χ1v) is 9.39. The lowest BCUT2D eigenvalue weighted by Gasteiger charge is -2.20. The number of aliphatic hydroxyl groups is 1. The first-order chi connectivity index (χ1) is 13.0. The number of carbonyl (C=O) groups is 2. The Morgan fingerprint density at radius 3 is 2.44 bits per heavy atom. The molecule has 1 aromatic rings.